The van der Waals surface area contributed by atoms with E-state index in [0.717, 1.165) is 40.3 Å². The van der Waals surface area contributed by atoms with Crippen LogP contribution in [0.25, 0.3) is 16.7 Å². The number of likely N-dealkylation sites (tertiary alicyclic amines) is 1. The van der Waals surface area contributed by atoms with Gasteiger partial charge in [0.15, 0.2) is 11.5 Å². The number of anilines is 2. The van der Waals surface area contributed by atoms with E-state index in [1.807, 2.05) is 60.5 Å². The van der Waals surface area contributed by atoms with E-state index >= 15 is 0 Å². The minimum absolute atomic E-state index is 0.0187. The number of hydrogen-bond acceptors (Lipinski definition) is 8. The molecule has 0 spiro atoms. The molecule has 0 bridgehead atoms. The van der Waals surface area contributed by atoms with Crippen molar-refractivity contribution in [3.63, 3.8) is 0 Å². The van der Waals surface area contributed by atoms with Crippen molar-refractivity contribution in [1.29, 1.82) is 0 Å². The Morgan fingerprint density at radius 3 is 2.85 bits per heavy atom. The third-order valence-electron chi connectivity index (χ3n) is 7.19. The molecule has 0 radical (unpaired) electrons. The van der Waals surface area contributed by atoms with Crippen molar-refractivity contribution >= 4 is 34.1 Å². The maximum atomic E-state index is 12.1. The quantitative estimate of drug-likeness (QED) is 0.310. The van der Waals surface area contributed by atoms with E-state index in [2.05, 4.69) is 38.9 Å². The summed E-state index contributed by atoms with van der Waals surface area (Å²) in [5.41, 5.74) is 5.02. The second-order valence-corrected chi connectivity index (χ2v) is 9.82. The summed E-state index contributed by atoms with van der Waals surface area (Å²) in [6, 6.07) is 13.6. The molecule has 196 valence electrons. The number of ether oxygens (including phenoxy) is 1. The Morgan fingerprint density at radius 1 is 1.13 bits per heavy atom. The number of rotatable bonds is 6. The highest BCUT2D eigenvalue weighted by atomic mass is 16.5. The molecule has 5 aromatic rings. The molecule has 1 N–H and O–H groups in total. The Balaban J connectivity index is 1.22. The molecule has 5 heterocycles. The molecular formula is C29H28N8O2. The van der Waals surface area contributed by atoms with Crippen molar-refractivity contribution in [2.75, 3.05) is 18.4 Å². The summed E-state index contributed by atoms with van der Waals surface area (Å²) in [6.07, 6.45) is 7.10. The molecule has 6 rings (SSSR count). The predicted octanol–water partition coefficient (Wildman–Crippen LogP) is 5.05. The molecule has 0 saturated carbocycles. The summed E-state index contributed by atoms with van der Waals surface area (Å²) in [5.74, 6) is 2.56. The van der Waals surface area contributed by atoms with Crippen LogP contribution in [0.15, 0.2) is 74.0 Å². The first kappa shape index (κ1) is 24.5. The normalized spacial score (nSPS) is 17.3. The van der Waals surface area contributed by atoms with Gasteiger partial charge in [-0.3, -0.25) is 4.79 Å². The van der Waals surface area contributed by atoms with Gasteiger partial charge in [0.05, 0.1) is 5.52 Å². The van der Waals surface area contributed by atoms with Crippen LogP contribution in [-0.4, -0.2) is 53.4 Å². The first-order chi connectivity index (χ1) is 19.0. The van der Waals surface area contributed by atoms with Gasteiger partial charge in [-0.2, -0.15) is 5.10 Å². The summed E-state index contributed by atoms with van der Waals surface area (Å²) in [4.78, 5) is 32.1. The van der Waals surface area contributed by atoms with E-state index in [1.54, 1.807) is 10.8 Å². The number of piperidine rings is 1. The van der Waals surface area contributed by atoms with Crippen molar-refractivity contribution in [2.45, 2.75) is 26.2 Å². The van der Waals surface area contributed by atoms with Gasteiger partial charge in [0, 0.05) is 42.7 Å². The number of nitrogens with one attached hydrogen (secondary N) is 1. The summed E-state index contributed by atoms with van der Waals surface area (Å²) in [6.45, 7) is 9.15. The first-order valence-electron chi connectivity index (χ1n) is 12.9. The molecule has 39 heavy (non-hydrogen) atoms. The zero-order valence-electron chi connectivity index (χ0n) is 21.8. The second-order valence-electron chi connectivity index (χ2n) is 9.82. The average molecular weight is 521 g/mol. The van der Waals surface area contributed by atoms with E-state index < -0.39 is 0 Å². The third kappa shape index (κ3) is 4.88. The van der Waals surface area contributed by atoms with Crippen LogP contribution in [0.5, 0.6) is 11.5 Å². The summed E-state index contributed by atoms with van der Waals surface area (Å²) in [5, 5.41) is 7.53. The highest BCUT2D eigenvalue weighted by Crippen LogP contribution is 2.34. The fraction of sp³-hybridized carbons (Fsp3) is 0.241. The van der Waals surface area contributed by atoms with Crippen LogP contribution in [0.1, 0.15) is 30.5 Å². The van der Waals surface area contributed by atoms with Crippen LogP contribution < -0.4 is 10.1 Å². The topological polar surface area (TPSA) is 110 Å². The smallest absolute Gasteiger partial charge is 0.245 e. The lowest BCUT2D eigenvalue weighted by atomic mass is 9.84. The van der Waals surface area contributed by atoms with Gasteiger partial charge in [0.1, 0.15) is 29.7 Å². The van der Waals surface area contributed by atoms with E-state index in [0.29, 0.717) is 30.2 Å². The van der Waals surface area contributed by atoms with Gasteiger partial charge < -0.3 is 15.0 Å². The summed E-state index contributed by atoms with van der Waals surface area (Å²) < 4.78 is 7.79. The van der Waals surface area contributed by atoms with Crippen LogP contribution in [0, 0.1) is 12.8 Å². The summed E-state index contributed by atoms with van der Waals surface area (Å²) in [7, 11) is 0. The molecule has 2 unspecified atom stereocenters. The zero-order chi connectivity index (χ0) is 26.9. The Labute approximate surface area is 225 Å². The lowest BCUT2D eigenvalue weighted by molar-refractivity contribution is -0.127. The molecule has 0 aliphatic carbocycles. The third-order valence-corrected chi connectivity index (χ3v) is 7.19. The molecule has 1 amide bonds. The van der Waals surface area contributed by atoms with Gasteiger partial charge in [-0.05, 0) is 67.3 Å². The number of carbonyl (C=O) groups is 1. The van der Waals surface area contributed by atoms with Gasteiger partial charge >= 0.3 is 0 Å². The highest BCUT2D eigenvalue weighted by molar-refractivity contribution is 5.88. The van der Waals surface area contributed by atoms with Crippen molar-refractivity contribution in [3.05, 3.63) is 85.2 Å². The van der Waals surface area contributed by atoms with Crippen molar-refractivity contribution in [2.24, 2.45) is 5.92 Å². The second kappa shape index (κ2) is 10.1. The minimum atomic E-state index is -0.0187. The maximum absolute atomic E-state index is 12.1. The first-order valence-corrected chi connectivity index (χ1v) is 12.9. The lowest BCUT2D eigenvalue weighted by Gasteiger charge is -2.36. The Hall–Kier alpha value is -4.86. The van der Waals surface area contributed by atoms with Gasteiger partial charge in [-0.25, -0.2) is 24.5 Å². The van der Waals surface area contributed by atoms with Crippen LogP contribution in [0.2, 0.25) is 0 Å². The lowest BCUT2D eigenvalue weighted by Crippen LogP contribution is -2.41. The summed E-state index contributed by atoms with van der Waals surface area (Å²) >= 11 is 0. The van der Waals surface area contributed by atoms with Crippen LogP contribution in [0.4, 0.5) is 11.5 Å². The molecule has 10 heteroatoms. The maximum Gasteiger partial charge on any atom is 0.245 e. The van der Waals surface area contributed by atoms with Crippen molar-refractivity contribution in [3.8, 4) is 11.5 Å². The van der Waals surface area contributed by atoms with Crippen molar-refractivity contribution < 1.29 is 9.53 Å². The molecule has 1 saturated heterocycles. The molecule has 1 aromatic carbocycles. The number of amides is 1. The molecular weight excluding hydrogens is 492 g/mol. The number of benzene rings is 1. The fourth-order valence-corrected chi connectivity index (χ4v) is 5.13. The Morgan fingerprint density at radius 2 is 2.03 bits per heavy atom. The number of hydrogen-bond donors (Lipinski definition) is 1. The SMILES string of the molecule is C=CC(=O)N1CCC(c2ccc3ncnc(Nc4ccc(Oc5ccn6ncnc6c5)c(C)c4)c3n2)C(C)C1. The van der Waals surface area contributed by atoms with E-state index in [1.165, 1.54) is 12.4 Å². The number of carbonyl (C=O) groups excluding carboxylic acids is 1. The predicted molar refractivity (Wildman–Crippen MR) is 148 cm³/mol. The standard InChI is InChI=1S/C29H28N8O2/c1-4-27(38)36-11-10-22(19(3)15-36)23-6-7-24-28(35-23)29(32-16-30-24)34-20-5-8-25(18(2)13-20)39-21-9-12-37-26(14-21)31-17-33-37/h4-9,12-14,16-17,19,22H,1,10-11,15H2,2-3H3,(H,30,32,34). The highest BCUT2D eigenvalue weighted by Gasteiger charge is 2.30. The van der Waals surface area contributed by atoms with Crippen molar-refractivity contribution in [1.82, 2.24) is 34.4 Å². The average Bonchev–Trinajstić information content (AvgIpc) is 3.42. The molecule has 4 aromatic heterocycles. The van der Waals surface area contributed by atoms with Gasteiger partial charge in [-0.15, -0.1) is 0 Å². The molecule has 1 aliphatic rings. The fourth-order valence-electron chi connectivity index (χ4n) is 5.13. The molecule has 1 aliphatic heterocycles. The monoisotopic (exact) mass is 520 g/mol. The number of aryl methyl sites for hydroxylation is 1. The Bertz CT molecular complexity index is 1700. The van der Waals surface area contributed by atoms with Gasteiger partial charge in [0.25, 0.3) is 0 Å². The number of fused-ring (bicyclic) bond motifs is 2. The van der Waals surface area contributed by atoms with E-state index in [-0.39, 0.29) is 17.7 Å². The Kier molecular flexibility index (Phi) is 6.36. The van der Waals surface area contributed by atoms with E-state index in [4.69, 9.17) is 9.72 Å². The zero-order valence-corrected chi connectivity index (χ0v) is 21.8. The van der Waals surface area contributed by atoms with Crippen LogP contribution in [-0.2, 0) is 4.79 Å². The molecule has 10 nitrogen and oxygen atoms in total. The van der Waals surface area contributed by atoms with Crippen LogP contribution >= 0.6 is 0 Å². The number of aromatic nitrogens is 6. The van der Waals surface area contributed by atoms with E-state index in [9.17, 15) is 4.79 Å². The molecule has 2 atom stereocenters. The number of pyridine rings is 2. The largest absolute Gasteiger partial charge is 0.457 e. The number of nitrogens with zero attached hydrogens (tertiary/aromatic N) is 7. The molecule has 1 fully saturated rings. The van der Waals surface area contributed by atoms with Gasteiger partial charge in [-0.1, -0.05) is 13.5 Å². The minimum Gasteiger partial charge on any atom is -0.457 e. The van der Waals surface area contributed by atoms with Gasteiger partial charge in [0.2, 0.25) is 5.91 Å². The van der Waals surface area contributed by atoms with Crippen LogP contribution in [0.3, 0.4) is 0 Å².